The maximum Gasteiger partial charge on any atom is 0.416 e. The molecule has 1 saturated heterocycles. The van der Waals surface area contributed by atoms with E-state index in [2.05, 4.69) is 10.4 Å². The van der Waals surface area contributed by atoms with Crippen molar-refractivity contribution in [3.8, 4) is 0 Å². The van der Waals surface area contributed by atoms with Crippen LogP contribution in [0.5, 0.6) is 0 Å². The number of carbonyl (C=O) groups excluding carboxylic acids is 2. The lowest BCUT2D eigenvalue weighted by Crippen LogP contribution is -2.33. The third kappa shape index (κ3) is 5.47. The summed E-state index contributed by atoms with van der Waals surface area (Å²) in [6, 6.07) is 5.01. The average molecular weight is 500 g/mol. The Balaban J connectivity index is 1.40. The minimum atomic E-state index is -4.55. The number of amides is 2. The maximum absolute atomic E-state index is 13.0. The molecule has 0 spiro atoms. The van der Waals surface area contributed by atoms with Crippen molar-refractivity contribution in [2.45, 2.75) is 44.8 Å². The molecule has 4 rings (SSSR count). The van der Waals surface area contributed by atoms with Crippen molar-refractivity contribution in [1.82, 2.24) is 24.9 Å². The van der Waals surface area contributed by atoms with Gasteiger partial charge in [0.1, 0.15) is 6.61 Å². The van der Waals surface area contributed by atoms with Crippen LogP contribution in [-0.2, 0) is 30.6 Å². The molecule has 1 unspecified atom stereocenters. The van der Waals surface area contributed by atoms with Gasteiger partial charge in [0.2, 0.25) is 0 Å². The summed E-state index contributed by atoms with van der Waals surface area (Å²) in [5, 5.41) is 7.53. The number of fused-ring (bicyclic) bond motifs is 1. The number of nitrogens with zero attached hydrogens (tertiary/aromatic N) is 4. The molecular formula is C22H25ClF3N5O3. The fourth-order valence-electron chi connectivity index (χ4n) is 4.20. The van der Waals surface area contributed by atoms with Gasteiger partial charge in [-0.25, -0.2) is 4.79 Å². The molecule has 12 heteroatoms. The molecule has 0 aliphatic carbocycles. The monoisotopic (exact) mass is 499 g/mol. The lowest BCUT2D eigenvalue weighted by Gasteiger charge is -2.20. The summed E-state index contributed by atoms with van der Waals surface area (Å²) in [4.78, 5) is 28.7. The first kappa shape index (κ1) is 24.3. The van der Waals surface area contributed by atoms with Crippen molar-refractivity contribution >= 4 is 23.6 Å². The van der Waals surface area contributed by atoms with Crippen LogP contribution in [0.2, 0.25) is 5.02 Å². The van der Waals surface area contributed by atoms with E-state index in [-0.39, 0.29) is 35.7 Å². The molecule has 2 amide bonds. The molecule has 34 heavy (non-hydrogen) atoms. The number of halogens is 4. The van der Waals surface area contributed by atoms with Crippen molar-refractivity contribution < 1.29 is 27.5 Å². The van der Waals surface area contributed by atoms with E-state index in [4.69, 9.17) is 16.3 Å². The van der Waals surface area contributed by atoms with Gasteiger partial charge >= 0.3 is 12.3 Å². The number of likely N-dealkylation sites (N-methyl/N-ethyl adjacent to an activating group) is 1. The molecule has 0 saturated carbocycles. The first-order valence-electron chi connectivity index (χ1n) is 11.0. The maximum atomic E-state index is 13.0. The van der Waals surface area contributed by atoms with E-state index in [1.807, 2.05) is 7.05 Å². The fourth-order valence-corrected chi connectivity index (χ4v) is 4.46. The molecule has 0 radical (unpaired) electrons. The van der Waals surface area contributed by atoms with Crippen molar-refractivity contribution in [3.05, 3.63) is 51.8 Å². The molecule has 184 valence electrons. The van der Waals surface area contributed by atoms with Crippen LogP contribution in [0.3, 0.4) is 0 Å². The Morgan fingerprint density at radius 3 is 2.68 bits per heavy atom. The number of hydrogen-bond donors (Lipinski definition) is 1. The SMILES string of the molecule is CNC1CCN(C(=O)c2cc3n(n2)CCCN(C(=O)OCc2cc(Cl)cc(C(F)(F)F)c2)C3)C1. The van der Waals surface area contributed by atoms with Gasteiger partial charge in [0.25, 0.3) is 5.91 Å². The predicted molar refractivity (Wildman–Crippen MR) is 117 cm³/mol. The molecular weight excluding hydrogens is 475 g/mol. The Bertz CT molecular complexity index is 1070. The molecule has 8 nitrogen and oxygen atoms in total. The van der Waals surface area contributed by atoms with Crippen LogP contribution in [0, 0.1) is 0 Å². The zero-order valence-corrected chi connectivity index (χ0v) is 19.3. The number of ether oxygens (including phenoxy) is 1. The van der Waals surface area contributed by atoms with E-state index in [1.165, 1.54) is 11.0 Å². The van der Waals surface area contributed by atoms with E-state index < -0.39 is 17.8 Å². The van der Waals surface area contributed by atoms with Gasteiger partial charge in [-0.15, -0.1) is 0 Å². The van der Waals surface area contributed by atoms with E-state index >= 15 is 0 Å². The quantitative estimate of drug-likeness (QED) is 0.696. The van der Waals surface area contributed by atoms with E-state index in [9.17, 15) is 22.8 Å². The van der Waals surface area contributed by atoms with Crippen molar-refractivity contribution in [2.75, 3.05) is 26.7 Å². The second kappa shape index (κ2) is 9.83. The standard InChI is InChI=1S/C22H25ClF3N5O3/c1-27-17-3-6-29(11-17)20(32)19-10-18-12-30(4-2-5-31(18)28-19)21(33)34-13-14-7-15(22(24,25)26)9-16(23)8-14/h7-10,17,27H,2-6,11-13H2,1H3. The van der Waals surface area contributed by atoms with Gasteiger partial charge in [-0.2, -0.15) is 18.3 Å². The topological polar surface area (TPSA) is 79.7 Å². The lowest BCUT2D eigenvalue weighted by atomic mass is 10.1. The third-order valence-electron chi connectivity index (χ3n) is 6.02. The number of rotatable bonds is 4. The van der Waals surface area contributed by atoms with Crippen LogP contribution in [0.25, 0.3) is 0 Å². The van der Waals surface area contributed by atoms with Gasteiger partial charge in [-0.05, 0) is 49.7 Å². The number of nitrogens with one attached hydrogen (secondary N) is 1. The number of likely N-dealkylation sites (tertiary alicyclic amines) is 1. The highest BCUT2D eigenvalue weighted by Crippen LogP contribution is 2.32. The molecule has 3 heterocycles. The van der Waals surface area contributed by atoms with Crippen LogP contribution >= 0.6 is 11.6 Å². The van der Waals surface area contributed by atoms with Crippen LogP contribution in [0.4, 0.5) is 18.0 Å². The fraction of sp³-hybridized carbons (Fsp3) is 0.500. The smallest absolute Gasteiger partial charge is 0.416 e. The number of alkyl halides is 3. The normalized spacial score (nSPS) is 18.6. The van der Waals surface area contributed by atoms with Crippen molar-refractivity contribution in [2.24, 2.45) is 0 Å². The summed E-state index contributed by atoms with van der Waals surface area (Å²) in [6.07, 6.45) is -3.73. The second-order valence-electron chi connectivity index (χ2n) is 8.45. The zero-order valence-electron chi connectivity index (χ0n) is 18.6. The Morgan fingerprint density at radius 1 is 1.18 bits per heavy atom. The lowest BCUT2D eigenvalue weighted by molar-refractivity contribution is -0.137. The molecule has 1 fully saturated rings. The summed E-state index contributed by atoms with van der Waals surface area (Å²) >= 11 is 5.79. The van der Waals surface area contributed by atoms with E-state index in [1.54, 1.807) is 15.6 Å². The first-order valence-corrected chi connectivity index (χ1v) is 11.3. The Morgan fingerprint density at radius 2 is 1.97 bits per heavy atom. The number of aromatic nitrogens is 2. The number of hydrogen-bond acceptors (Lipinski definition) is 5. The zero-order chi connectivity index (χ0) is 24.5. The van der Waals surface area contributed by atoms with Crippen LogP contribution < -0.4 is 5.32 Å². The number of benzene rings is 1. The Kier molecular flexibility index (Phi) is 7.04. The highest BCUT2D eigenvalue weighted by molar-refractivity contribution is 6.30. The van der Waals surface area contributed by atoms with Gasteiger partial charge in [0.15, 0.2) is 5.69 Å². The number of aryl methyl sites for hydroxylation is 1. The Hall–Kier alpha value is -2.79. The molecule has 1 atom stereocenters. The van der Waals surface area contributed by atoms with Crippen molar-refractivity contribution in [3.63, 3.8) is 0 Å². The average Bonchev–Trinajstić information content (AvgIpc) is 3.38. The molecule has 2 aromatic rings. The highest BCUT2D eigenvalue weighted by Gasteiger charge is 2.32. The summed E-state index contributed by atoms with van der Waals surface area (Å²) in [7, 11) is 1.87. The second-order valence-corrected chi connectivity index (χ2v) is 8.88. The highest BCUT2D eigenvalue weighted by atomic mass is 35.5. The van der Waals surface area contributed by atoms with Gasteiger partial charge in [-0.1, -0.05) is 11.6 Å². The first-order chi connectivity index (χ1) is 16.1. The van der Waals surface area contributed by atoms with Crippen LogP contribution in [-0.4, -0.2) is 64.3 Å². The third-order valence-corrected chi connectivity index (χ3v) is 6.24. The predicted octanol–water partition coefficient (Wildman–Crippen LogP) is 3.53. The number of carbonyl (C=O) groups is 2. The molecule has 1 aromatic heterocycles. The van der Waals surface area contributed by atoms with Crippen LogP contribution in [0.15, 0.2) is 24.3 Å². The molecule has 1 aromatic carbocycles. The molecule has 1 N–H and O–H groups in total. The summed E-state index contributed by atoms with van der Waals surface area (Å²) in [6.45, 7) is 2.05. The van der Waals surface area contributed by atoms with E-state index in [0.29, 0.717) is 44.0 Å². The summed E-state index contributed by atoms with van der Waals surface area (Å²) in [5.74, 6) is -0.145. The molecule has 0 bridgehead atoms. The van der Waals surface area contributed by atoms with Gasteiger partial charge in [0.05, 0.1) is 17.8 Å². The largest absolute Gasteiger partial charge is 0.445 e. The van der Waals surface area contributed by atoms with Gasteiger partial charge in [-0.3, -0.25) is 9.48 Å². The summed E-state index contributed by atoms with van der Waals surface area (Å²) in [5.41, 5.74) is 0.275. The molecule has 2 aliphatic heterocycles. The minimum Gasteiger partial charge on any atom is -0.445 e. The molecule has 2 aliphatic rings. The minimum absolute atomic E-state index is 0.0872. The van der Waals surface area contributed by atoms with E-state index in [0.717, 1.165) is 18.6 Å². The summed E-state index contributed by atoms with van der Waals surface area (Å²) < 4.78 is 46.0. The van der Waals surface area contributed by atoms with Gasteiger partial charge in [0, 0.05) is 37.2 Å². The van der Waals surface area contributed by atoms with Gasteiger partial charge < -0.3 is 19.9 Å². The van der Waals surface area contributed by atoms with Crippen molar-refractivity contribution in [1.29, 1.82) is 0 Å². The van der Waals surface area contributed by atoms with Crippen LogP contribution in [0.1, 0.15) is 40.2 Å². The Labute approximate surface area is 199 Å².